The second-order valence-corrected chi connectivity index (χ2v) is 2.24. The van der Waals surface area contributed by atoms with E-state index in [1.165, 1.54) is 0 Å². The summed E-state index contributed by atoms with van der Waals surface area (Å²) in [4.78, 5) is 0. The highest BCUT2D eigenvalue weighted by Gasteiger charge is 2.04. The van der Waals surface area contributed by atoms with Gasteiger partial charge in [-0.2, -0.15) is 0 Å². The molecular weight excluding hydrogens is 100 g/mol. The van der Waals surface area contributed by atoms with Gasteiger partial charge in [-0.25, -0.2) is 0 Å². The van der Waals surface area contributed by atoms with E-state index in [1.54, 1.807) is 6.92 Å². The minimum Gasteiger partial charge on any atom is -0.393 e. The van der Waals surface area contributed by atoms with Crippen molar-refractivity contribution in [2.24, 2.45) is 5.92 Å². The van der Waals surface area contributed by atoms with Crippen LogP contribution in [0.4, 0.5) is 0 Å². The zero-order valence-electron chi connectivity index (χ0n) is 5.59. The summed E-state index contributed by atoms with van der Waals surface area (Å²) in [6.07, 6.45) is 2.53. The molecule has 0 radical (unpaired) electrons. The van der Waals surface area contributed by atoms with E-state index in [0.717, 1.165) is 6.42 Å². The van der Waals surface area contributed by atoms with Crippen molar-refractivity contribution >= 4 is 0 Å². The van der Waals surface area contributed by atoms with Gasteiger partial charge >= 0.3 is 0 Å². The Labute approximate surface area is 51.0 Å². The van der Waals surface area contributed by atoms with Crippen LogP contribution >= 0.6 is 0 Å². The lowest BCUT2D eigenvalue weighted by Crippen LogP contribution is -2.11. The lowest BCUT2D eigenvalue weighted by atomic mass is 10.0. The number of aliphatic hydroxyl groups is 1. The highest BCUT2D eigenvalue weighted by atomic mass is 16.3. The van der Waals surface area contributed by atoms with Crippen LogP contribution in [0, 0.1) is 5.92 Å². The molecule has 0 rings (SSSR count). The van der Waals surface area contributed by atoms with E-state index in [9.17, 15) is 0 Å². The van der Waals surface area contributed by atoms with Crippen molar-refractivity contribution in [3.05, 3.63) is 12.7 Å². The van der Waals surface area contributed by atoms with Gasteiger partial charge < -0.3 is 5.11 Å². The maximum atomic E-state index is 8.90. The summed E-state index contributed by atoms with van der Waals surface area (Å²) in [5.41, 5.74) is 0. The number of aliphatic hydroxyl groups excluding tert-OH is 1. The zero-order valence-corrected chi connectivity index (χ0v) is 5.59. The van der Waals surface area contributed by atoms with Gasteiger partial charge in [-0.1, -0.05) is 13.0 Å². The first-order chi connectivity index (χ1) is 3.68. The normalized spacial score (nSPS) is 17.4. The second kappa shape index (κ2) is 3.67. The largest absolute Gasteiger partial charge is 0.393 e. The maximum absolute atomic E-state index is 8.90. The van der Waals surface area contributed by atoms with Crippen LogP contribution in [0.5, 0.6) is 0 Å². The zero-order chi connectivity index (χ0) is 6.57. The monoisotopic (exact) mass is 114 g/mol. The summed E-state index contributed by atoms with van der Waals surface area (Å²) >= 11 is 0. The van der Waals surface area contributed by atoms with Crippen LogP contribution in [0.2, 0.25) is 0 Å². The van der Waals surface area contributed by atoms with Crippen LogP contribution in [0.3, 0.4) is 0 Å². The molecule has 0 aromatic rings. The molecule has 0 heterocycles. The average Bonchev–Trinajstić information content (AvgIpc) is 1.67. The number of hydrogen-bond donors (Lipinski definition) is 1. The Kier molecular flexibility index (Phi) is 3.53. The van der Waals surface area contributed by atoms with Crippen molar-refractivity contribution in [3.63, 3.8) is 0 Å². The van der Waals surface area contributed by atoms with Gasteiger partial charge in [0.05, 0.1) is 6.10 Å². The summed E-state index contributed by atoms with van der Waals surface area (Å²) < 4.78 is 0. The van der Waals surface area contributed by atoms with Crippen molar-refractivity contribution in [1.29, 1.82) is 0 Å². The Bertz CT molecular complexity index is 66.8. The van der Waals surface area contributed by atoms with E-state index in [4.69, 9.17) is 5.11 Å². The first kappa shape index (κ1) is 7.70. The standard InChI is InChI=1S/C7H14O/c1-4-5-6(2)7(3)8/h4,6-8H,1,5H2,2-3H3/t6-,7-/m1/s1. The Balaban J connectivity index is 3.30. The fourth-order valence-electron chi connectivity index (χ4n) is 0.460. The second-order valence-electron chi connectivity index (χ2n) is 2.24. The van der Waals surface area contributed by atoms with E-state index in [-0.39, 0.29) is 6.10 Å². The molecule has 0 aromatic heterocycles. The summed E-state index contributed by atoms with van der Waals surface area (Å²) in [7, 11) is 0. The van der Waals surface area contributed by atoms with Gasteiger partial charge in [0, 0.05) is 0 Å². The molecule has 2 atom stereocenters. The van der Waals surface area contributed by atoms with Gasteiger partial charge in [0.25, 0.3) is 0 Å². The molecule has 0 saturated heterocycles. The Morgan fingerprint density at radius 1 is 1.62 bits per heavy atom. The Morgan fingerprint density at radius 3 is 2.25 bits per heavy atom. The molecule has 0 aliphatic carbocycles. The highest BCUT2D eigenvalue weighted by molar-refractivity contribution is 4.72. The summed E-state index contributed by atoms with van der Waals surface area (Å²) in [6.45, 7) is 7.38. The molecular formula is C7H14O. The van der Waals surface area contributed by atoms with Crippen molar-refractivity contribution in [2.75, 3.05) is 0 Å². The predicted molar refractivity (Wildman–Crippen MR) is 35.7 cm³/mol. The number of rotatable bonds is 3. The Morgan fingerprint density at radius 2 is 2.12 bits per heavy atom. The highest BCUT2D eigenvalue weighted by Crippen LogP contribution is 2.06. The van der Waals surface area contributed by atoms with Gasteiger partial charge in [0.15, 0.2) is 0 Å². The molecule has 0 saturated carbocycles. The molecule has 0 aromatic carbocycles. The van der Waals surface area contributed by atoms with E-state index >= 15 is 0 Å². The minimum absolute atomic E-state index is 0.201. The van der Waals surface area contributed by atoms with Crippen molar-refractivity contribution in [3.8, 4) is 0 Å². The topological polar surface area (TPSA) is 20.2 Å². The van der Waals surface area contributed by atoms with Gasteiger partial charge in [0.2, 0.25) is 0 Å². The molecule has 0 aliphatic rings. The summed E-state index contributed by atoms with van der Waals surface area (Å²) in [5, 5.41) is 8.90. The molecule has 0 spiro atoms. The molecule has 1 nitrogen and oxygen atoms in total. The van der Waals surface area contributed by atoms with E-state index < -0.39 is 0 Å². The molecule has 1 heteroatoms. The lowest BCUT2D eigenvalue weighted by molar-refractivity contribution is 0.136. The van der Waals surface area contributed by atoms with Crippen molar-refractivity contribution in [1.82, 2.24) is 0 Å². The molecule has 48 valence electrons. The van der Waals surface area contributed by atoms with E-state index in [1.807, 2.05) is 13.0 Å². The van der Waals surface area contributed by atoms with Crippen LogP contribution in [0.1, 0.15) is 20.3 Å². The predicted octanol–water partition coefficient (Wildman–Crippen LogP) is 1.58. The minimum atomic E-state index is -0.201. The molecule has 0 bridgehead atoms. The van der Waals surface area contributed by atoms with E-state index in [0.29, 0.717) is 5.92 Å². The van der Waals surface area contributed by atoms with Gasteiger partial charge in [-0.3, -0.25) is 0 Å². The third-order valence-corrected chi connectivity index (χ3v) is 1.36. The van der Waals surface area contributed by atoms with Gasteiger partial charge in [-0.15, -0.1) is 6.58 Å². The molecule has 0 amide bonds. The lowest BCUT2D eigenvalue weighted by Gasteiger charge is -2.10. The fraction of sp³-hybridized carbons (Fsp3) is 0.714. The summed E-state index contributed by atoms with van der Waals surface area (Å²) in [6, 6.07) is 0. The van der Waals surface area contributed by atoms with Crippen LogP contribution in [-0.4, -0.2) is 11.2 Å². The van der Waals surface area contributed by atoms with Crippen LogP contribution in [-0.2, 0) is 0 Å². The fourth-order valence-corrected chi connectivity index (χ4v) is 0.460. The van der Waals surface area contributed by atoms with Gasteiger partial charge in [0.1, 0.15) is 0 Å². The van der Waals surface area contributed by atoms with E-state index in [2.05, 4.69) is 6.58 Å². The molecule has 0 aliphatic heterocycles. The van der Waals surface area contributed by atoms with Gasteiger partial charge in [-0.05, 0) is 19.3 Å². The first-order valence-corrected chi connectivity index (χ1v) is 2.97. The SMILES string of the molecule is C=CC[C@@H](C)[C@@H](C)O. The third kappa shape index (κ3) is 2.80. The van der Waals surface area contributed by atoms with Crippen LogP contribution < -0.4 is 0 Å². The quantitative estimate of drug-likeness (QED) is 0.552. The van der Waals surface area contributed by atoms with Crippen LogP contribution in [0.25, 0.3) is 0 Å². The van der Waals surface area contributed by atoms with Crippen molar-refractivity contribution < 1.29 is 5.11 Å². The van der Waals surface area contributed by atoms with Crippen molar-refractivity contribution in [2.45, 2.75) is 26.4 Å². The molecule has 1 N–H and O–H groups in total. The smallest absolute Gasteiger partial charge is 0.0540 e. The molecule has 0 unspecified atom stereocenters. The van der Waals surface area contributed by atoms with Crippen LogP contribution in [0.15, 0.2) is 12.7 Å². The summed E-state index contributed by atoms with van der Waals surface area (Å²) in [5.74, 6) is 0.354. The number of hydrogen-bond acceptors (Lipinski definition) is 1. The molecule has 0 fully saturated rings. The first-order valence-electron chi connectivity index (χ1n) is 2.97. The Hall–Kier alpha value is -0.300. The third-order valence-electron chi connectivity index (χ3n) is 1.36. The maximum Gasteiger partial charge on any atom is 0.0540 e. The molecule has 8 heavy (non-hydrogen) atoms. The average molecular weight is 114 g/mol. The number of allylic oxidation sites excluding steroid dienone is 1.